The van der Waals surface area contributed by atoms with Crippen molar-refractivity contribution in [1.82, 2.24) is 0 Å². The van der Waals surface area contributed by atoms with Crippen LogP contribution in [0.25, 0.3) is 0 Å². The molecule has 3 nitrogen and oxygen atoms in total. The van der Waals surface area contributed by atoms with Crippen LogP contribution in [-0.4, -0.2) is 11.0 Å². The van der Waals surface area contributed by atoms with Gasteiger partial charge in [-0.15, -0.1) is 0 Å². The number of benzene rings is 1. The molecule has 5 heteroatoms. The lowest BCUT2D eigenvalue weighted by Crippen LogP contribution is -2.33. The molecule has 0 bridgehead atoms. The van der Waals surface area contributed by atoms with Gasteiger partial charge in [0.2, 0.25) is 0 Å². The van der Waals surface area contributed by atoms with Gasteiger partial charge in [0.25, 0.3) is 5.24 Å². The standard InChI is InChI=1S/C13H15Cl2NO2/c1-13(2,3)11(17)10(16)9-7(12(15)18)5-4-6-8(9)14/h4-6,10H,16H2,1-3H3. The maximum absolute atomic E-state index is 12.2. The SMILES string of the molecule is CC(C)(C)C(=O)C(N)c1c(Cl)cccc1C(=O)Cl. The van der Waals surface area contributed by atoms with Crippen LogP contribution in [0, 0.1) is 5.41 Å². The molecule has 0 fully saturated rings. The Morgan fingerprint density at radius 1 is 1.28 bits per heavy atom. The summed E-state index contributed by atoms with van der Waals surface area (Å²) >= 11 is 11.5. The number of rotatable bonds is 3. The molecule has 1 unspecified atom stereocenters. The second-order valence-corrected chi connectivity index (χ2v) is 5.82. The molecular formula is C13H15Cl2NO2. The van der Waals surface area contributed by atoms with Crippen LogP contribution >= 0.6 is 23.2 Å². The molecule has 0 radical (unpaired) electrons. The highest BCUT2D eigenvalue weighted by Gasteiger charge is 2.31. The summed E-state index contributed by atoms with van der Waals surface area (Å²) in [6, 6.07) is 3.72. The second-order valence-electron chi connectivity index (χ2n) is 5.07. The van der Waals surface area contributed by atoms with Crippen molar-refractivity contribution in [3.05, 3.63) is 34.3 Å². The molecule has 0 amide bonds. The average Bonchev–Trinajstić information content (AvgIpc) is 2.25. The van der Waals surface area contributed by atoms with Crippen LogP contribution in [0.5, 0.6) is 0 Å². The number of halogens is 2. The Bertz CT molecular complexity index is 492. The summed E-state index contributed by atoms with van der Waals surface area (Å²) in [5.74, 6) is -0.199. The summed E-state index contributed by atoms with van der Waals surface area (Å²) in [7, 11) is 0. The molecule has 1 rings (SSSR count). The number of ketones is 1. The summed E-state index contributed by atoms with van der Waals surface area (Å²) in [5, 5.41) is -0.406. The smallest absolute Gasteiger partial charge is 0.252 e. The van der Waals surface area contributed by atoms with Crippen molar-refractivity contribution < 1.29 is 9.59 Å². The fourth-order valence-electron chi connectivity index (χ4n) is 1.62. The van der Waals surface area contributed by atoms with E-state index in [9.17, 15) is 9.59 Å². The molecule has 1 aromatic rings. The average molecular weight is 288 g/mol. The van der Waals surface area contributed by atoms with Gasteiger partial charge in [-0.25, -0.2) is 0 Å². The monoisotopic (exact) mass is 287 g/mol. The van der Waals surface area contributed by atoms with E-state index in [0.29, 0.717) is 5.56 Å². The van der Waals surface area contributed by atoms with Gasteiger partial charge in [0.15, 0.2) is 5.78 Å². The Balaban J connectivity index is 3.33. The Kier molecular flexibility index (Phi) is 4.54. The number of hydrogen-bond acceptors (Lipinski definition) is 3. The van der Waals surface area contributed by atoms with E-state index in [1.54, 1.807) is 32.9 Å². The summed E-state index contributed by atoms with van der Waals surface area (Å²) < 4.78 is 0. The summed E-state index contributed by atoms with van der Waals surface area (Å²) in [6.07, 6.45) is 0. The molecule has 0 heterocycles. The predicted octanol–water partition coefficient (Wildman–Crippen LogP) is 3.33. The molecule has 0 saturated heterocycles. The van der Waals surface area contributed by atoms with E-state index in [1.165, 1.54) is 6.07 Å². The number of carbonyl (C=O) groups excluding carboxylic acids is 2. The first-order valence-corrected chi connectivity index (χ1v) is 6.20. The fourth-order valence-corrected chi connectivity index (χ4v) is 2.08. The van der Waals surface area contributed by atoms with Gasteiger partial charge in [0.1, 0.15) is 0 Å². The summed E-state index contributed by atoms with van der Waals surface area (Å²) in [6.45, 7) is 5.27. The molecule has 0 aliphatic heterocycles. The first-order valence-electron chi connectivity index (χ1n) is 5.44. The van der Waals surface area contributed by atoms with Gasteiger partial charge in [0.05, 0.1) is 6.04 Å². The number of carbonyl (C=O) groups is 2. The minimum atomic E-state index is -0.962. The van der Waals surface area contributed by atoms with Gasteiger partial charge in [-0.05, 0) is 23.7 Å². The Morgan fingerprint density at radius 3 is 2.28 bits per heavy atom. The van der Waals surface area contributed by atoms with E-state index in [0.717, 1.165) is 0 Å². The molecular weight excluding hydrogens is 273 g/mol. The van der Waals surface area contributed by atoms with Crippen LogP contribution in [0.3, 0.4) is 0 Å². The Morgan fingerprint density at radius 2 is 1.83 bits per heavy atom. The van der Waals surface area contributed by atoms with E-state index >= 15 is 0 Å². The van der Waals surface area contributed by atoms with Crippen molar-refractivity contribution >= 4 is 34.2 Å². The summed E-state index contributed by atoms with van der Waals surface area (Å²) in [4.78, 5) is 23.5. The van der Waals surface area contributed by atoms with E-state index in [-0.39, 0.29) is 16.4 Å². The molecule has 0 aliphatic carbocycles. The van der Waals surface area contributed by atoms with Crippen molar-refractivity contribution in [1.29, 1.82) is 0 Å². The van der Waals surface area contributed by atoms with Gasteiger partial charge in [-0.2, -0.15) is 0 Å². The molecule has 18 heavy (non-hydrogen) atoms. The van der Waals surface area contributed by atoms with Crippen molar-refractivity contribution in [2.75, 3.05) is 0 Å². The highest BCUT2D eigenvalue weighted by molar-refractivity contribution is 6.68. The van der Waals surface area contributed by atoms with E-state index in [1.807, 2.05) is 0 Å². The predicted molar refractivity (Wildman–Crippen MR) is 73.0 cm³/mol. The zero-order valence-electron chi connectivity index (χ0n) is 10.5. The van der Waals surface area contributed by atoms with Crippen molar-refractivity contribution in [3.63, 3.8) is 0 Å². The molecule has 0 saturated carbocycles. The third-order valence-electron chi connectivity index (χ3n) is 2.60. The number of hydrogen-bond donors (Lipinski definition) is 1. The van der Waals surface area contributed by atoms with Crippen LogP contribution in [0.15, 0.2) is 18.2 Å². The highest BCUT2D eigenvalue weighted by atomic mass is 35.5. The minimum Gasteiger partial charge on any atom is -0.318 e. The number of Topliss-reactive ketones (excluding diaryl/α,β-unsaturated/α-hetero) is 1. The van der Waals surface area contributed by atoms with Crippen LogP contribution < -0.4 is 5.73 Å². The first-order chi connectivity index (χ1) is 8.16. The van der Waals surface area contributed by atoms with Gasteiger partial charge in [0, 0.05) is 21.6 Å². The Labute approximate surface area is 116 Å². The zero-order valence-corrected chi connectivity index (χ0v) is 12.0. The second kappa shape index (κ2) is 5.39. The van der Waals surface area contributed by atoms with Crippen LogP contribution in [-0.2, 0) is 4.79 Å². The third-order valence-corrected chi connectivity index (χ3v) is 3.13. The molecule has 0 aliphatic rings. The molecule has 1 atom stereocenters. The zero-order chi connectivity index (χ0) is 14.1. The topological polar surface area (TPSA) is 60.2 Å². The van der Waals surface area contributed by atoms with Crippen molar-refractivity contribution in [2.45, 2.75) is 26.8 Å². The van der Waals surface area contributed by atoms with Crippen molar-refractivity contribution in [2.24, 2.45) is 11.1 Å². The quantitative estimate of drug-likeness (QED) is 0.868. The maximum Gasteiger partial charge on any atom is 0.252 e. The lowest BCUT2D eigenvalue weighted by atomic mass is 9.83. The van der Waals surface area contributed by atoms with Crippen LogP contribution in [0.1, 0.15) is 42.7 Å². The summed E-state index contributed by atoms with van der Waals surface area (Å²) in [5.41, 5.74) is 5.77. The highest BCUT2D eigenvalue weighted by Crippen LogP contribution is 2.31. The van der Waals surface area contributed by atoms with E-state index < -0.39 is 16.7 Å². The number of nitrogens with two attached hydrogens (primary N) is 1. The first kappa shape index (κ1) is 15.2. The van der Waals surface area contributed by atoms with Gasteiger partial charge in [-0.3, -0.25) is 9.59 Å². The largest absolute Gasteiger partial charge is 0.318 e. The fraction of sp³-hybridized carbons (Fsp3) is 0.385. The normalized spacial score (nSPS) is 13.2. The van der Waals surface area contributed by atoms with E-state index in [4.69, 9.17) is 28.9 Å². The van der Waals surface area contributed by atoms with E-state index in [2.05, 4.69) is 0 Å². The molecule has 2 N–H and O–H groups in total. The van der Waals surface area contributed by atoms with Gasteiger partial charge >= 0.3 is 0 Å². The Hall–Kier alpha value is -0.900. The molecule has 0 spiro atoms. The minimum absolute atomic E-state index is 0.175. The van der Waals surface area contributed by atoms with Gasteiger partial charge in [-0.1, -0.05) is 38.4 Å². The van der Waals surface area contributed by atoms with Gasteiger partial charge < -0.3 is 5.73 Å². The lowest BCUT2D eigenvalue weighted by molar-refractivity contribution is -0.127. The van der Waals surface area contributed by atoms with Crippen molar-refractivity contribution in [3.8, 4) is 0 Å². The molecule has 0 aromatic heterocycles. The lowest BCUT2D eigenvalue weighted by Gasteiger charge is -2.23. The molecule has 98 valence electrons. The molecule has 1 aromatic carbocycles. The maximum atomic E-state index is 12.2. The van der Waals surface area contributed by atoms with Crippen LogP contribution in [0.4, 0.5) is 0 Å². The van der Waals surface area contributed by atoms with Crippen LogP contribution in [0.2, 0.25) is 5.02 Å². The third kappa shape index (κ3) is 3.10.